The molecule has 0 spiro atoms. The number of benzene rings is 1. The number of carbonyl (C=O) groups excluding carboxylic acids is 1. The zero-order valence-corrected chi connectivity index (χ0v) is 15.8. The number of likely N-dealkylation sites (tertiary alicyclic amines) is 1. The maximum absolute atomic E-state index is 12.9. The molecular formula is C18H21ClN4O2S. The lowest BCUT2D eigenvalue weighted by Crippen LogP contribution is -2.36. The summed E-state index contributed by atoms with van der Waals surface area (Å²) in [6.45, 7) is 2.29. The van der Waals surface area contributed by atoms with Crippen LogP contribution in [0.5, 0.6) is 0 Å². The molecular weight excluding hydrogens is 372 g/mol. The summed E-state index contributed by atoms with van der Waals surface area (Å²) in [6, 6.07) is 10.1. The fourth-order valence-corrected chi connectivity index (χ4v) is 4.60. The molecule has 0 unspecified atom stereocenters. The third-order valence-electron chi connectivity index (χ3n) is 5.05. The second kappa shape index (κ2) is 7.82. The van der Waals surface area contributed by atoms with Gasteiger partial charge in [-0.1, -0.05) is 42.1 Å². The van der Waals surface area contributed by atoms with Gasteiger partial charge in [0.05, 0.1) is 0 Å². The van der Waals surface area contributed by atoms with E-state index in [0.29, 0.717) is 31.3 Å². The molecule has 3 heterocycles. The van der Waals surface area contributed by atoms with Crippen LogP contribution in [-0.2, 0) is 6.54 Å². The summed E-state index contributed by atoms with van der Waals surface area (Å²) >= 11 is 1.55. The standard InChI is InChI=1S/C18H20N4O2S.ClH/c19-8-13-10-21(11-15(13)12-4-2-1-3-5-12)16(23)14-9-20-18-22(17(14)24)6-7-25-18;/h1-5,9,13,15H,6-8,10-11,19H2;1H/t13-,15+;/m1./s1. The number of carbonyl (C=O) groups is 1. The van der Waals surface area contributed by atoms with Crippen LogP contribution in [-0.4, -0.2) is 45.7 Å². The van der Waals surface area contributed by atoms with Crippen molar-refractivity contribution < 1.29 is 4.79 Å². The smallest absolute Gasteiger partial charge is 0.267 e. The SMILES string of the molecule is Cl.NC[C@@H]1CN(C(=O)c2cnc3n(c2=O)CCS3)C[C@H]1c1ccccc1. The number of aromatic nitrogens is 2. The summed E-state index contributed by atoms with van der Waals surface area (Å²) in [5.74, 6) is 0.999. The Kier molecular flexibility index (Phi) is 5.70. The molecule has 138 valence electrons. The number of hydrogen-bond donors (Lipinski definition) is 1. The summed E-state index contributed by atoms with van der Waals surface area (Å²) < 4.78 is 1.60. The first-order chi connectivity index (χ1) is 12.2. The molecule has 26 heavy (non-hydrogen) atoms. The van der Waals surface area contributed by atoms with Crippen LogP contribution < -0.4 is 11.3 Å². The molecule has 2 aliphatic heterocycles. The highest BCUT2D eigenvalue weighted by Crippen LogP contribution is 2.32. The predicted molar refractivity (Wildman–Crippen MR) is 104 cm³/mol. The van der Waals surface area contributed by atoms with E-state index in [1.807, 2.05) is 18.2 Å². The minimum absolute atomic E-state index is 0. The minimum Gasteiger partial charge on any atom is -0.337 e. The number of nitrogens with two attached hydrogens (primary N) is 1. The first kappa shape index (κ1) is 18.9. The number of rotatable bonds is 3. The predicted octanol–water partition coefficient (Wildman–Crippen LogP) is 1.59. The van der Waals surface area contributed by atoms with Gasteiger partial charge in [0.15, 0.2) is 5.16 Å². The van der Waals surface area contributed by atoms with E-state index in [-0.39, 0.29) is 41.3 Å². The largest absolute Gasteiger partial charge is 0.337 e. The van der Waals surface area contributed by atoms with Gasteiger partial charge in [-0.2, -0.15) is 0 Å². The zero-order chi connectivity index (χ0) is 17.4. The second-order valence-electron chi connectivity index (χ2n) is 6.48. The third kappa shape index (κ3) is 3.26. The third-order valence-corrected chi connectivity index (χ3v) is 6.02. The van der Waals surface area contributed by atoms with Gasteiger partial charge in [-0.3, -0.25) is 14.2 Å². The summed E-state index contributed by atoms with van der Waals surface area (Å²) in [5, 5.41) is 0.699. The number of nitrogens with zero attached hydrogens (tertiary/aromatic N) is 3. The number of hydrogen-bond acceptors (Lipinski definition) is 5. The van der Waals surface area contributed by atoms with Crippen LogP contribution in [0.3, 0.4) is 0 Å². The molecule has 2 atom stereocenters. The maximum atomic E-state index is 12.9. The van der Waals surface area contributed by atoms with Crippen LogP contribution in [0.25, 0.3) is 0 Å². The molecule has 0 radical (unpaired) electrons. The summed E-state index contributed by atoms with van der Waals surface area (Å²) in [7, 11) is 0. The Morgan fingerprint density at radius 3 is 2.77 bits per heavy atom. The fraction of sp³-hybridized carbons (Fsp3) is 0.389. The van der Waals surface area contributed by atoms with Crippen molar-refractivity contribution in [2.75, 3.05) is 25.4 Å². The van der Waals surface area contributed by atoms with Crippen molar-refractivity contribution in [3.8, 4) is 0 Å². The van der Waals surface area contributed by atoms with E-state index in [1.165, 1.54) is 11.8 Å². The molecule has 8 heteroatoms. The van der Waals surface area contributed by atoms with Crippen LogP contribution in [0, 0.1) is 5.92 Å². The van der Waals surface area contributed by atoms with Gasteiger partial charge in [0.2, 0.25) is 0 Å². The molecule has 0 bridgehead atoms. The highest BCUT2D eigenvalue weighted by atomic mass is 35.5. The lowest BCUT2D eigenvalue weighted by molar-refractivity contribution is 0.0783. The van der Waals surface area contributed by atoms with Crippen molar-refractivity contribution >= 4 is 30.1 Å². The highest BCUT2D eigenvalue weighted by molar-refractivity contribution is 7.99. The lowest BCUT2D eigenvalue weighted by atomic mass is 9.89. The molecule has 2 N–H and O–H groups in total. The van der Waals surface area contributed by atoms with Crippen molar-refractivity contribution in [2.45, 2.75) is 17.6 Å². The van der Waals surface area contributed by atoms with Crippen molar-refractivity contribution in [2.24, 2.45) is 11.7 Å². The summed E-state index contributed by atoms with van der Waals surface area (Å²) in [4.78, 5) is 31.6. The van der Waals surface area contributed by atoms with Crippen molar-refractivity contribution in [3.63, 3.8) is 0 Å². The Labute approximate surface area is 162 Å². The van der Waals surface area contributed by atoms with Gasteiger partial charge >= 0.3 is 0 Å². The van der Waals surface area contributed by atoms with Crippen LogP contribution in [0.2, 0.25) is 0 Å². The molecule has 6 nitrogen and oxygen atoms in total. The molecule has 1 aromatic carbocycles. The second-order valence-corrected chi connectivity index (χ2v) is 7.54. The molecule has 1 aromatic heterocycles. The van der Waals surface area contributed by atoms with Crippen molar-refractivity contribution in [1.29, 1.82) is 0 Å². The molecule has 0 aliphatic carbocycles. The Bertz CT molecular complexity index is 858. The fourth-order valence-electron chi connectivity index (χ4n) is 3.69. The van der Waals surface area contributed by atoms with Crippen LogP contribution in [0.1, 0.15) is 21.8 Å². The van der Waals surface area contributed by atoms with Gasteiger partial charge in [0.1, 0.15) is 5.56 Å². The monoisotopic (exact) mass is 392 g/mol. The van der Waals surface area contributed by atoms with E-state index in [4.69, 9.17) is 5.73 Å². The van der Waals surface area contributed by atoms with E-state index in [1.54, 1.807) is 21.2 Å². The number of thioether (sulfide) groups is 1. The molecule has 2 aromatic rings. The van der Waals surface area contributed by atoms with Gasteiger partial charge in [0, 0.05) is 37.5 Å². The van der Waals surface area contributed by atoms with Gasteiger partial charge in [0.25, 0.3) is 11.5 Å². The Hall–Kier alpha value is -1.83. The first-order valence-corrected chi connectivity index (χ1v) is 9.44. The van der Waals surface area contributed by atoms with Crippen molar-refractivity contribution in [1.82, 2.24) is 14.5 Å². The van der Waals surface area contributed by atoms with E-state index in [0.717, 1.165) is 5.75 Å². The number of halogens is 1. The average Bonchev–Trinajstić information content (AvgIpc) is 3.29. The Balaban J connectivity index is 0.00000196. The molecule has 4 rings (SSSR count). The van der Waals surface area contributed by atoms with Gasteiger partial charge in [-0.05, 0) is 18.0 Å². The van der Waals surface area contributed by atoms with Gasteiger partial charge in [-0.25, -0.2) is 4.98 Å². The van der Waals surface area contributed by atoms with Crippen LogP contribution in [0.4, 0.5) is 0 Å². The van der Waals surface area contributed by atoms with Crippen LogP contribution >= 0.6 is 24.2 Å². The summed E-state index contributed by atoms with van der Waals surface area (Å²) in [6.07, 6.45) is 1.43. The highest BCUT2D eigenvalue weighted by Gasteiger charge is 2.36. The van der Waals surface area contributed by atoms with E-state index in [2.05, 4.69) is 17.1 Å². The van der Waals surface area contributed by atoms with E-state index < -0.39 is 0 Å². The quantitative estimate of drug-likeness (QED) is 0.802. The molecule has 1 fully saturated rings. The minimum atomic E-state index is -0.235. The van der Waals surface area contributed by atoms with Gasteiger partial charge < -0.3 is 10.6 Å². The Morgan fingerprint density at radius 1 is 1.27 bits per heavy atom. The average molecular weight is 393 g/mol. The van der Waals surface area contributed by atoms with E-state index in [9.17, 15) is 9.59 Å². The topological polar surface area (TPSA) is 81.2 Å². The normalized spacial score (nSPS) is 21.3. The van der Waals surface area contributed by atoms with Crippen molar-refractivity contribution in [3.05, 3.63) is 58.0 Å². The molecule has 1 amide bonds. The maximum Gasteiger partial charge on any atom is 0.267 e. The molecule has 0 saturated carbocycles. The summed E-state index contributed by atoms with van der Waals surface area (Å²) in [5.41, 5.74) is 7.07. The van der Waals surface area contributed by atoms with Gasteiger partial charge in [-0.15, -0.1) is 12.4 Å². The van der Waals surface area contributed by atoms with E-state index >= 15 is 0 Å². The molecule has 2 aliphatic rings. The number of amides is 1. The lowest BCUT2D eigenvalue weighted by Gasteiger charge is -2.17. The molecule has 1 saturated heterocycles. The first-order valence-electron chi connectivity index (χ1n) is 8.46. The Morgan fingerprint density at radius 2 is 2.04 bits per heavy atom. The zero-order valence-electron chi connectivity index (χ0n) is 14.2. The number of fused-ring (bicyclic) bond motifs is 1. The van der Waals surface area contributed by atoms with Crippen LogP contribution in [0.15, 0.2) is 46.5 Å².